The molecule has 1 aliphatic rings. The van der Waals surface area contributed by atoms with E-state index in [2.05, 4.69) is 6.92 Å². The van der Waals surface area contributed by atoms with Crippen molar-refractivity contribution in [2.24, 2.45) is 5.92 Å². The van der Waals surface area contributed by atoms with Crippen molar-refractivity contribution in [3.05, 3.63) is 83.2 Å². The largest absolute Gasteiger partial charge is 0.488 e. The van der Waals surface area contributed by atoms with Gasteiger partial charge in [0, 0.05) is 5.56 Å². The lowest BCUT2D eigenvalue weighted by Crippen LogP contribution is -2.29. The van der Waals surface area contributed by atoms with Gasteiger partial charge in [-0.15, -0.1) is 0 Å². The summed E-state index contributed by atoms with van der Waals surface area (Å²) in [5.74, 6) is -1.77. The minimum atomic E-state index is -1.59. The summed E-state index contributed by atoms with van der Waals surface area (Å²) in [6.45, 7) is 2.09. The highest BCUT2D eigenvalue weighted by Gasteiger charge is 2.23. The third-order valence-electron chi connectivity index (χ3n) is 6.98. The van der Waals surface area contributed by atoms with E-state index < -0.39 is 30.3 Å². The van der Waals surface area contributed by atoms with Gasteiger partial charge in [0.25, 0.3) is 0 Å². The molecule has 0 aliphatic heterocycles. The van der Waals surface area contributed by atoms with Crippen molar-refractivity contribution in [1.29, 1.82) is 0 Å². The summed E-state index contributed by atoms with van der Waals surface area (Å²) >= 11 is 0. The molecule has 3 aromatic carbocycles. The second-order valence-corrected chi connectivity index (χ2v) is 9.42. The summed E-state index contributed by atoms with van der Waals surface area (Å²) in [6.07, 6.45) is 6.85. The average molecular weight is 482 g/mol. The van der Waals surface area contributed by atoms with Gasteiger partial charge < -0.3 is 14.8 Å². The second-order valence-electron chi connectivity index (χ2n) is 9.42. The van der Waals surface area contributed by atoms with Gasteiger partial charge in [-0.25, -0.2) is 13.2 Å². The quantitative estimate of drug-likeness (QED) is 0.382. The first-order chi connectivity index (χ1) is 16.9. The molecule has 0 heterocycles. The van der Waals surface area contributed by atoms with Gasteiger partial charge in [0.2, 0.25) is 0 Å². The summed E-state index contributed by atoms with van der Waals surface area (Å²) < 4.78 is 49.8. The fraction of sp³-hybridized carbons (Fsp3) is 0.357. The SMILES string of the molecule is CCC[C@H]1CC[C@H](c2ccc(-c3cc(F)c(OCc4ccc(B(O)O)cc4)c(F)c3)c(F)c2)CC1. The van der Waals surface area contributed by atoms with Gasteiger partial charge in [-0.1, -0.05) is 56.2 Å². The Morgan fingerprint density at radius 2 is 1.51 bits per heavy atom. The smallest absolute Gasteiger partial charge is 0.483 e. The topological polar surface area (TPSA) is 49.7 Å². The molecule has 0 saturated heterocycles. The standard InChI is InChI=1S/C28H30BF3O3/c1-2-3-18-4-8-20(9-5-18)21-10-13-24(25(30)14-21)22-15-26(31)28(27(32)16-22)35-17-19-6-11-23(12-7-19)29(33)34/h6-7,10-16,18,20,33-34H,2-5,8-9,17H2,1H3/t18-,20-. The molecule has 4 rings (SSSR count). The zero-order chi connectivity index (χ0) is 24.9. The number of halogens is 3. The van der Waals surface area contributed by atoms with Gasteiger partial charge in [0.05, 0.1) is 0 Å². The molecular formula is C28H30BF3O3. The highest BCUT2D eigenvalue weighted by molar-refractivity contribution is 6.58. The maximum Gasteiger partial charge on any atom is 0.488 e. The fourth-order valence-electron chi connectivity index (χ4n) is 5.01. The summed E-state index contributed by atoms with van der Waals surface area (Å²) in [5.41, 5.74) is 2.11. The minimum Gasteiger partial charge on any atom is -0.483 e. The van der Waals surface area contributed by atoms with E-state index in [1.807, 2.05) is 6.07 Å². The van der Waals surface area contributed by atoms with Crippen LogP contribution in [-0.2, 0) is 6.61 Å². The van der Waals surface area contributed by atoms with Crippen LogP contribution in [-0.4, -0.2) is 17.2 Å². The van der Waals surface area contributed by atoms with Crippen molar-refractivity contribution < 1.29 is 28.0 Å². The monoisotopic (exact) mass is 482 g/mol. The van der Waals surface area contributed by atoms with Crippen molar-refractivity contribution >= 4 is 12.6 Å². The molecule has 1 fully saturated rings. The van der Waals surface area contributed by atoms with Crippen molar-refractivity contribution in [2.75, 3.05) is 0 Å². The molecule has 3 aromatic rings. The van der Waals surface area contributed by atoms with E-state index in [0.717, 1.165) is 49.3 Å². The van der Waals surface area contributed by atoms with Crippen LogP contribution < -0.4 is 10.2 Å². The van der Waals surface area contributed by atoms with Crippen molar-refractivity contribution in [3.63, 3.8) is 0 Å². The molecule has 3 nitrogen and oxygen atoms in total. The molecule has 0 amide bonds. The zero-order valence-corrected chi connectivity index (χ0v) is 19.8. The lowest BCUT2D eigenvalue weighted by molar-refractivity contribution is 0.274. The second kappa shape index (κ2) is 11.3. The fourth-order valence-corrected chi connectivity index (χ4v) is 5.01. The molecule has 1 saturated carbocycles. The highest BCUT2D eigenvalue weighted by atomic mass is 19.1. The van der Waals surface area contributed by atoms with Crippen molar-refractivity contribution in [1.82, 2.24) is 0 Å². The van der Waals surface area contributed by atoms with Crippen LogP contribution in [0.25, 0.3) is 11.1 Å². The molecule has 7 heteroatoms. The number of hydrogen-bond donors (Lipinski definition) is 2. The Balaban J connectivity index is 1.45. The van der Waals surface area contributed by atoms with E-state index in [-0.39, 0.29) is 17.7 Å². The molecule has 0 unspecified atom stereocenters. The third kappa shape index (κ3) is 6.09. The van der Waals surface area contributed by atoms with Gasteiger partial charge in [-0.2, -0.15) is 0 Å². The molecule has 0 spiro atoms. The molecule has 0 atom stereocenters. The zero-order valence-electron chi connectivity index (χ0n) is 19.8. The Labute approximate surface area is 204 Å². The Hall–Kier alpha value is -2.77. The minimum absolute atomic E-state index is 0.113. The van der Waals surface area contributed by atoms with Crippen LogP contribution in [0.15, 0.2) is 54.6 Å². The van der Waals surface area contributed by atoms with Crippen LogP contribution in [0.2, 0.25) is 0 Å². The Morgan fingerprint density at radius 3 is 2.09 bits per heavy atom. The first-order valence-electron chi connectivity index (χ1n) is 12.2. The Morgan fingerprint density at radius 1 is 0.857 bits per heavy atom. The molecule has 0 aromatic heterocycles. The summed E-state index contributed by atoms with van der Waals surface area (Å²) in [4.78, 5) is 0. The van der Waals surface area contributed by atoms with E-state index in [1.54, 1.807) is 18.2 Å². The van der Waals surface area contributed by atoms with E-state index in [1.165, 1.54) is 31.0 Å². The predicted molar refractivity (Wildman–Crippen MR) is 132 cm³/mol. The van der Waals surface area contributed by atoms with Crippen LogP contribution in [0.5, 0.6) is 5.75 Å². The highest BCUT2D eigenvalue weighted by Crippen LogP contribution is 2.39. The van der Waals surface area contributed by atoms with E-state index >= 15 is 0 Å². The van der Waals surface area contributed by atoms with Gasteiger partial charge in [0.1, 0.15) is 12.4 Å². The van der Waals surface area contributed by atoms with Gasteiger partial charge in [-0.3, -0.25) is 0 Å². The lowest BCUT2D eigenvalue weighted by atomic mass is 9.77. The Bertz CT molecular complexity index is 1120. The molecule has 35 heavy (non-hydrogen) atoms. The van der Waals surface area contributed by atoms with Crippen LogP contribution in [0.4, 0.5) is 13.2 Å². The molecule has 0 bridgehead atoms. The maximum absolute atomic E-state index is 15.0. The van der Waals surface area contributed by atoms with Crippen LogP contribution >= 0.6 is 0 Å². The number of ether oxygens (including phenoxy) is 1. The van der Waals surface area contributed by atoms with E-state index in [9.17, 15) is 13.2 Å². The number of rotatable bonds is 8. The summed E-state index contributed by atoms with van der Waals surface area (Å²) in [6, 6.07) is 13.3. The first-order valence-corrected chi connectivity index (χ1v) is 12.2. The summed E-state index contributed by atoms with van der Waals surface area (Å²) in [7, 11) is -1.59. The van der Waals surface area contributed by atoms with Crippen LogP contribution in [0, 0.1) is 23.4 Å². The molecule has 184 valence electrons. The van der Waals surface area contributed by atoms with Crippen molar-refractivity contribution in [2.45, 2.75) is 58.0 Å². The van der Waals surface area contributed by atoms with Gasteiger partial charge >= 0.3 is 7.12 Å². The van der Waals surface area contributed by atoms with Crippen LogP contribution in [0.3, 0.4) is 0 Å². The molecule has 2 N–H and O–H groups in total. The van der Waals surface area contributed by atoms with E-state index in [4.69, 9.17) is 14.8 Å². The maximum atomic E-state index is 15.0. The Kier molecular flexibility index (Phi) is 8.19. The molecule has 0 radical (unpaired) electrons. The normalized spacial score (nSPS) is 17.9. The van der Waals surface area contributed by atoms with Gasteiger partial charge in [0.15, 0.2) is 17.4 Å². The van der Waals surface area contributed by atoms with Crippen molar-refractivity contribution in [3.8, 4) is 16.9 Å². The third-order valence-corrected chi connectivity index (χ3v) is 6.98. The average Bonchev–Trinajstić information content (AvgIpc) is 2.84. The summed E-state index contributed by atoms with van der Waals surface area (Å²) in [5, 5.41) is 18.3. The number of benzene rings is 3. The first kappa shape index (κ1) is 25.3. The predicted octanol–water partition coefficient (Wildman–Crippen LogP) is 6.10. The van der Waals surface area contributed by atoms with E-state index in [0.29, 0.717) is 16.9 Å². The lowest BCUT2D eigenvalue weighted by Gasteiger charge is -2.28. The molecular weight excluding hydrogens is 452 g/mol. The number of hydrogen-bond acceptors (Lipinski definition) is 3. The van der Waals surface area contributed by atoms with Crippen LogP contribution in [0.1, 0.15) is 62.5 Å². The molecule has 1 aliphatic carbocycles. The van der Waals surface area contributed by atoms with Gasteiger partial charge in [-0.05, 0) is 77.9 Å².